The first-order valence-corrected chi connectivity index (χ1v) is 8.25. The first kappa shape index (κ1) is 15.6. The van der Waals surface area contributed by atoms with Crippen LogP contribution in [-0.4, -0.2) is 30.2 Å². The predicted molar refractivity (Wildman–Crippen MR) is 91.3 cm³/mol. The zero-order valence-corrected chi connectivity index (χ0v) is 13.7. The van der Waals surface area contributed by atoms with Crippen LogP contribution in [0.4, 0.5) is 5.69 Å². The Hall–Kier alpha value is -2.30. The van der Waals surface area contributed by atoms with Crippen molar-refractivity contribution in [1.82, 2.24) is 4.57 Å². The second kappa shape index (κ2) is 6.44. The molecular weight excluding hydrogens is 292 g/mol. The highest BCUT2D eigenvalue weighted by Crippen LogP contribution is 2.24. The van der Waals surface area contributed by atoms with Crippen LogP contribution in [0.1, 0.15) is 37.0 Å². The highest BCUT2D eigenvalue weighted by atomic mass is 16.5. The molecule has 0 aliphatic carbocycles. The minimum Gasteiger partial charge on any atom is -0.462 e. The first-order valence-electron chi connectivity index (χ1n) is 8.25. The minimum atomic E-state index is -0.551. The average Bonchev–Trinajstić information content (AvgIpc) is 3.09. The van der Waals surface area contributed by atoms with Crippen LogP contribution >= 0.6 is 0 Å². The number of carbonyl (C=O) groups is 1. The number of benzene rings is 1. The molecule has 122 valence electrons. The van der Waals surface area contributed by atoms with Gasteiger partial charge in [0, 0.05) is 36.9 Å². The molecule has 0 bridgehead atoms. The molecule has 0 amide bonds. The maximum atomic E-state index is 12.6. The van der Waals surface area contributed by atoms with E-state index in [4.69, 9.17) is 4.74 Å². The van der Waals surface area contributed by atoms with Gasteiger partial charge < -0.3 is 14.2 Å². The molecule has 0 saturated carbocycles. The van der Waals surface area contributed by atoms with Gasteiger partial charge in [-0.25, -0.2) is 4.79 Å². The van der Waals surface area contributed by atoms with Crippen LogP contribution < -0.4 is 10.3 Å². The number of anilines is 1. The zero-order valence-electron chi connectivity index (χ0n) is 13.7. The van der Waals surface area contributed by atoms with Gasteiger partial charge in [-0.2, -0.15) is 0 Å². The van der Waals surface area contributed by atoms with Gasteiger partial charge >= 0.3 is 5.97 Å². The van der Waals surface area contributed by atoms with E-state index in [0.29, 0.717) is 11.9 Å². The number of ether oxygens (including phenoxy) is 1. The Bertz CT molecular complexity index is 789. The number of hydrogen-bond donors (Lipinski definition) is 0. The van der Waals surface area contributed by atoms with Crippen molar-refractivity contribution in [3.8, 4) is 0 Å². The topological polar surface area (TPSA) is 51.5 Å². The molecule has 2 aromatic rings. The fourth-order valence-electron chi connectivity index (χ4n) is 3.17. The monoisotopic (exact) mass is 314 g/mol. The van der Waals surface area contributed by atoms with Gasteiger partial charge in [0.15, 0.2) is 0 Å². The van der Waals surface area contributed by atoms with Gasteiger partial charge in [0.25, 0.3) is 0 Å². The summed E-state index contributed by atoms with van der Waals surface area (Å²) < 4.78 is 6.95. The molecule has 5 heteroatoms. The summed E-state index contributed by atoms with van der Waals surface area (Å²) in [6, 6.07) is 5.87. The number of aromatic nitrogens is 1. The Morgan fingerprint density at radius 2 is 1.96 bits per heavy atom. The molecule has 1 fully saturated rings. The Kier molecular flexibility index (Phi) is 4.37. The van der Waals surface area contributed by atoms with Crippen LogP contribution in [0.25, 0.3) is 10.9 Å². The lowest BCUT2D eigenvalue weighted by Gasteiger charge is -2.19. The summed E-state index contributed by atoms with van der Waals surface area (Å²) in [6.45, 7) is 6.80. The third kappa shape index (κ3) is 2.83. The number of pyridine rings is 1. The highest BCUT2D eigenvalue weighted by molar-refractivity contribution is 5.94. The van der Waals surface area contributed by atoms with Gasteiger partial charge in [-0.1, -0.05) is 0 Å². The average molecular weight is 314 g/mol. The van der Waals surface area contributed by atoms with Crippen molar-refractivity contribution in [2.24, 2.45) is 0 Å². The van der Waals surface area contributed by atoms with Crippen molar-refractivity contribution in [3.05, 3.63) is 40.2 Å². The maximum Gasteiger partial charge on any atom is 0.343 e. The molecule has 0 spiro atoms. The van der Waals surface area contributed by atoms with E-state index in [0.717, 1.165) is 24.3 Å². The predicted octanol–water partition coefficient (Wildman–Crippen LogP) is 2.80. The highest BCUT2D eigenvalue weighted by Gasteiger charge is 2.18. The maximum absolute atomic E-state index is 12.6. The van der Waals surface area contributed by atoms with Gasteiger partial charge in [-0.3, -0.25) is 4.79 Å². The standard InChI is InChI=1S/C18H22N2O3/c1-3-19-12-15(18(22)23-4-2)17(21)14-8-7-13(11-16(14)19)20-9-5-6-10-20/h7-8,11-12H,3-6,9-10H2,1-2H3. The molecule has 5 nitrogen and oxygen atoms in total. The minimum absolute atomic E-state index is 0.107. The second-order valence-electron chi connectivity index (χ2n) is 5.77. The lowest BCUT2D eigenvalue weighted by molar-refractivity contribution is 0.0524. The molecule has 2 heterocycles. The van der Waals surface area contributed by atoms with Crippen molar-refractivity contribution in [1.29, 1.82) is 0 Å². The van der Waals surface area contributed by atoms with Gasteiger partial charge in [0.1, 0.15) is 5.56 Å². The molecule has 1 aromatic carbocycles. The van der Waals surface area contributed by atoms with Gasteiger partial charge in [-0.05, 0) is 44.9 Å². The molecule has 3 rings (SSSR count). The van der Waals surface area contributed by atoms with Crippen LogP contribution in [0.3, 0.4) is 0 Å². The summed E-state index contributed by atoms with van der Waals surface area (Å²) in [5.74, 6) is -0.551. The lowest BCUT2D eigenvalue weighted by atomic mass is 10.1. The quantitative estimate of drug-likeness (QED) is 0.814. The van der Waals surface area contributed by atoms with E-state index in [-0.39, 0.29) is 17.6 Å². The van der Waals surface area contributed by atoms with Crippen molar-refractivity contribution in [3.63, 3.8) is 0 Å². The van der Waals surface area contributed by atoms with Crippen LogP contribution in [0, 0.1) is 0 Å². The third-order valence-corrected chi connectivity index (χ3v) is 4.37. The van der Waals surface area contributed by atoms with Crippen LogP contribution in [0.5, 0.6) is 0 Å². The van der Waals surface area contributed by atoms with Crippen molar-refractivity contribution in [2.75, 3.05) is 24.6 Å². The molecule has 1 aliphatic heterocycles. The Balaban J connectivity index is 2.15. The van der Waals surface area contributed by atoms with Gasteiger partial charge in [0.05, 0.1) is 12.1 Å². The fraction of sp³-hybridized carbons (Fsp3) is 0.444. The molecule has 1 aromatic heterocycles. The third-order valence-electron chi connectivity index (χ3n) is 4.37. The van der Waals surface area contributed by atoms with E-state index >= 15 is 0 Å². The molecule has 0 atom stereocenters. The van der Waals surface area contributed by atoms with Crippen LogP contribution in [0.2, 0.25) is 0 Å². The normalized spacial score (nSPS) is 14.4. The number of fused-ring (bicyclic) bond motifs is 1. The van der Waals surface area contributed by atoms with E-state index in [1.54, 1.807) is 13.1 Å². The Labute approximate surface area is 135 Å². The Morgan fingerprint density at radius 3 is 2.61 bits per heavy atom. The van der Waals surface area contributed by atoms with E-state index in [2.05, 4.69) is 11.0 Å². The summed E-state index contributed by atoms with van der Waals surface area (Å²) in [5, 5.41) is 0.570. The van der Waals surface area contributed by atoms with Gasteiger partial charge in [-0.15, -0.1) is 0 Å². The molecule has 0 unspecified atom stereocenters. The number of rotatable bonds is 4. The second-order valence-corrected chi connectivity index (χ2v) is 5.77. The van der Waals surface area contributed by atoms with E-state index in [1.165, 1.54) is 12.8 Å². The van der Waals surface area contributed by atoms with E-state index in [1.807, 2.05) is 23.6 Å². The number of carbonyl (C=O) groups excluding carboxylic acids is 1. The molecule has 1 aliphatic rings. The largest absolute Gasteiger partial charge is 0.462 e. The number of esters is 1. The smallest absolute Gasteiger partial charge is 0.343 e. The summed E-state index contributed by atoms with van der Waals surface area (Å²) in [5.41, 5.74) is 1.86. The first-order chi connectivity index (χ1) is 11.2. The number of nitrogens with zero attached hydrogens (tertiary/aromatic N) is 2. The summed E-state index contributed by atoms with van der Waals surface area (Å²) in [4.78, 5) is 27.0. The van der Waals surface area contributed by atoms with E-state index in [9.17, 15) is 9.59 Å². The molecule has 0 N–H and O–H groups in total. The van der Waals surface area contributed by atoms with Gasteiger partial charge in [0.2, 0.25) is 5.43 Å². The van der Waals surface area contributed by atoms with Crippen molar-refractivity contribution < 1.29 is 9.53 Å². The Morgan fingerprint density at radius 1 is 1.22 bits per heavy atom. The number of hydrogen-bond acceptors (Lipinski definition) is 4. The molecule has 0 radical (unpaired) electrons. The molecule has 23 heavy (non-hydrogen) atoms. The lowest BCUT2D eigenvalue weighted by Crippen LogP contribution is -2.22. The number of aryl methyl sites for hydroxylation is 1. The van der Waals surface area contributed by atoms with Crippen molar-refractivity contribution >= 4 is 22.6 Å². The molecular formula is C18H22N2O3. The molecule has 1 saturated heterocycles. The van der Waals surface area contributed by atoms with E-state index < -0.39 is 5.97 Å². The zero-order chi connectivity index (χ0) is 16.4. The van der Waals surface area contributed by atoms with Crippen molar-refractivity contribution in [2.45, 2.75) is 33.2 Å². The summed E-state index contributed by atoms with van der Waals surface area (Å²) >= 11 is 0. The summed E-state index contributed by atoms with van der Waals surface area (Å²) in [6.07, 6.45) is 4.04. The SMILES string of the molecule is CCOC(=O)c1cn(CC)c2cc(N3CCCC3)ccc2c1=O. The van der Waals surface area contributed by atoms with Crippen LogP contribution in [0.15, 0.2) is 29.2 Å². The van der Waals surface area contributed by atoms with Crippen LogP contribution in [-0.2, 0) is 11.3 Å². The summed E-state index contributed by atoms with van der Waals surface area (Å²) in [7, 11) is 0. The fourth-order valence-corrected chi connectivity index (χ4v) is 3.17.